The second-order valence-electron chi connectivity index (χ2n) is 6.53. The Morgan fingerprint density at radius 2 is 1.84 bits per heavy atom. The van der Waals surface area contributed by atoms with Crippen molar-refractivity contribution in [3.63, 3.8) is 0 Å². The van der Waals surface area contributed by atoms with Crippen LogP contribution in [0.3, 0.4) is 0 Å². The quantitative estimate of drug-likeness (QED) is 0.883. The first kappa shape index (κ1) is 16.0. The van der Waals surface area contributed by atoms with E-state index >= 15 is 0 Å². The Morgan fingerprint density at radius 1 is 1.26 bits per heavy atom. The van der Waals surface area contributed by atoms with Crippen molar-refractivity contribution in [1.29, 1.82) is 0 Å². The third-order valence-corrected chi connectivity index (χ3v) is 3.06. The van der Waals surface area contributed by atoms with Crippen LogP contribution in [-0.4, -0.2) is 5.91 Å². The average Bonchev–Trinajstić information content (AvgIpc) is 2.11. The van der Waals surface area contributed by atoms with Crippen LogP contribution in [-0.2, 0) is 10.3 Å². The van der Waals surface area contributed by atoms with Crippen LogP contribution in [0, 0.1) is 11.2 Å². The fourth-order valence-corrected chi connectivity index (χ4v) is 2.34. The van der Waals surface area contributed by atoms with Gasteiger partial charge < -0.3 is 5.32 Å². The minimum atomic E-state index is -0.632. The number of halogens is 2. The molecule has 19 heavy (non-hydrogen) atoms. The van der Waals surface area contributed by atoms with Crippen LogP contribution in [0.5, 0.6) is 0 Å². The van der Waals surface area contributed by atoms with Crippen LogP contribution in [0.2, 0.25) is 5.02 Å². The molecule has 0 atom stereocenters. The lowest BCUT2D eigenvalue weighted by molar-refractivity contribution is -0.124. The van der Waals surface area contributed by atoms with E-state index in [9.17, 15) is 9.18 Å². The number of amides is 1. The van der Waals surface area contributed by atoms with E-state index < -0.39 is 5.54 Å². The van der Waals surface area contributed by atoms with Crippen LogP contribution in [0.4, 0.5) is 4.39 Å². The summed E-state index contributed by atoms with van der Waals surface area (Å²) in [6.45, 7) is 9.72. The van der Waals surface area contributed by atoms with Gasteiger partial charge in [-0.05, 0) is 37.0 Å². The van der Waals surface area contributed by atoms with Gasteiger partial charge in [-0.25, -0.2) is 4.39 Å². The number of benzene rings is 1. The molecule has 0 unspecified atom stereocenters. The number of nitrogens with one attached hydrogen (secondary N) is 1. The summed E-state index contributed by atoms with van der Waals surface area (Å²) in [6, 6.07) is 4.21. The summed E-state index contributed by atoms with van der Waals surface area (Å²) < 4.78 is 13.0. The van der Waals surface area contributed by atoms with E-state index in [1.165, 1.54) is 12.1 Å². The molecule has 0 radical (unpaired) electrons. The van der Waals surface area contributed by atoms with E-state index in [-0.39, 0.29) is 17.1 Å². The maximum Gasteiger partial charge on any atom is 0.221 e. The Hall–Kier alpha value is -1.09. The van der Waals surface area contributed by atoms with E-state index in [0.717, 1.165) is 0 Å². The van der Waals surface area contributed by atoms with Gasteiger partial charge in [0.05, 0.1) is 5.54 Å². The lowest BCUT2D eigenvalue weighted by Crippen LogP contribution is -2.42. The molecule has 0 aliphatic rings. The molecule has 1 amide bonds. The van der Waals surface area contributed by atoms with Crippen molar-refractivity contribution in [1.82, 2.24) is 5.32 Å². The van der Waals surface area contributed by atoms with Crippen LogP contribution in [0.1, 0.15) is 46.6 Å². The van der Waals surface area contributed by atoms with Crippen molar-refractivity contribution in [3.8, 4) is 0 Å². The Bertz CT molecular complexity index is 478. The van der Waals surface area contributed by atoms with Crippen LogP contribution in [0.15, 0.2) is 18.2 Å². The maximum atomic E-state index is 13.0. The van der Waals surface area contributed by atoms with Gasteiger partial charge in [-0.2, -0.15) is 0 Å². The van der Waals surface area contributed by atoms with Crippen molar-refractivity contribution >= 4 is 17.5 Å². The zero-order chi connectivity index (χ0) is 14.8. The molecule has 0 spiro atoms. The van der Waals surface area contributed by atoms with Crippen LogP contribution < -0.4 is 5.32 Å². The summed E-state index contributed by atoms with van der Waals surface area (Å²) in [5.74, 6) is -0.427. The molecule has 0 saturated heterocycles. The third kappa shape index (κ3) is 4.83. The summed E-state index contributed by atoms with van der Waals surface area (Å²) in [5.41, 5.74) is -0.00214. The fourth-order valence-electron chi connectivity index (χ4n) is 1.94. The van der Waals surface area contributed by atoms with Crippen molar-refractivity contribution in [3.05, 3.63) is 34.6 Å². The Balaban J connectivity index is 2.89. The van der Waals surface area contributed by atoms with Gasteiger partial charge in [0.1, 0.15) is 5.82 Å². The van der Waals surface area contributed by atoms with E-state index in [4.69, 9.17) is 11.6 Å². The van der Waals surface area contributed by atoms with Crippen molar-refractivity contribution in [2.75, 3.05) is 0 Å². The van der Waals surface area contributed by atoms with Gasteiger partial charge in [0.25, 0.3) is 0 Å². The largest absolute Gasteiger partial charge is 0.347 e. The van der Waals surface area contributed by atoms with Gasteiger partial charge in [0, 0.05) is 11.4 Å². The fraction of sp³-hybridized carbons (Fsp3) is 0.533. The minimum absolute atomic E-state index is 0.0436. The number of hydrogen-bond donors (Lipinski definition) is 1. The monoisotopic (exact) mass is 285 g/mol. The molecule has 106 valence electrons. The van der Waals surface area contributed by atoms with Crippen LogP contribution >= 0.6 is 11.6 Å². The standard InChI is InChI=1S/C15H21ClFNO/c1-14(2,3)9-13(19)18-15(4,5)11-7-6-10(17)8-12(11)16/h6-8H,9H2,1-5H3,(H,18,19). The predicted molar refractivity (Wildman–Crippen MR) is 76.7 cm³/mol. The first-order chi connectivity index (χ1) is 8.51. The first-order valence-electron chi connectivity index (χ1n) is 6.28. The van der Waals surface area contributed by atoms with Crippen molar-refractivity contribution in [2.45, 2.75) is 46.6 Å². The normalized spacial score (nSPS) is 12.4. The van der Waals surface area contributed by atoms with Gasteiger partial charge in [0.15, 0.2) is 0 Å². The molecule has 1 aromatic carbocycles. The summed E-state index contributed by atoms with van der Waals surface area (Å²) in [7, 11) is 0. The molecule has 2 nitrogen and oxygen atoms in total. The molecule has 1 rings (SSSR count). The zero-order valence-electron chi connectivity index (χ0n) is 12.1. The smallest absolute Gasteiger partial charge is 0.221 e. The summed E-state index contributed by atoms with van der Waals surface area (Å²) >= 11 is 6.04. The first-order valence-corrected chi connectivity index (χ1v) is 6.66. The van der Waals surface area contributed by atoms with E-state index in [0.29, 0.717) is 17.0 Å². The van der Waals surface area contributed by atoms with Crippen molar-refractivity contribution in [2.24, 2.45) is 5.41 Å². The second kappa shape index (κ2) is 5.49. The maximum absolute atomic E-state index is 13.0. The van der Waals surface area contributed by atoms with E-state index in [1.807, 2.05) is 34.6 Å². The molecule has 0 aliphatic carbocycles. The lowest BCUT2D eigenvalue weighted by atomic mass is 9.89. The highest BCUT2D eigenvalue weighted by Gasteiger charge is 2.27. The highest BCUT2D eigenvalue weighted by molar-refractivity contribution is 6.31. The molecular weight excluding hydrogens is 265 g/mol. The number of hydrogen-bond acceptors (Lipinski definition) is 1. The molecule has 1 N–H and O–H groups in total. The number of carbonyl (C=O) groups excluding carboxylic acids is 1. The predicted octanol–water partition coefficient (Wildman–Crippen LogP) is 4.27. The summed E-state index contributed by atoms with van der Waals surface area (Å²) in [5, 5.41) is 3.26. The highest BCUT2D eigenvalue weighted by Crippen LogP contribution is 2.29. The van der Waals surface area contributed by atoms with Gasteiger partial charge in [-0.1, -0.05) is 38.4 Å². The Kier molecular flexibility index (Phi) is 4.62. The third-order valence-electron chi connectivity index (χ3n) is 2.75. The van der Waals surface area contributed by atoms with Gasteiger partial charge in [-0.3, -0.25) is 4.79 Å². The molecular formula is C15H21ClFNO. The molecule has 4 heteroatoms. The van der Waals surface area contributed by atoms with Crippen molar-refractivity contribution < 1.29 is 9.18 Å². The summed E-state index contributed by atoms with van der Waals surface area (Å²) in [4.78, 5) is 12.0. The molecule has 0 saturated carbocycles. The number of carbonyl (C=O) groups is 1. The van der Waals surface area contributed by atoms with E-state index in [1.54, 1.807) is 6.07 Å². The lowest BCUT2D eigenvalue weighted by Gasteiger charge is -2.29. The molecule has 0 bridgehead atoms. The zero-order valence-corrected chi connectivity index (χ0v) is 12.9. The molecule has 0 fully saturated rings. The summed E-state index contributed by atoms with van der Waals surface area (Å²) in [6.07, 6.45) is 0.426. The molecule has 0 heterocycles. The second-order valence-corrected chi connectivity index (χ2v) is 6.94. The van der Waals surface area contributed by atoms with Crippen LogP contribution in [0.25, 0.3) is 0 Å². The van der Waals surface area contributed by atoms with Gasteiger partial charge in [-0.15, -0.1) is 0 Å². The Morgan fingerprint density at radius 3 is 2.32 bits per heavy atom. The minimum Gasteiger partial charge on any atom is -0.347 e. The van der Waals surface area contributed by atoms with Gasteiger partial charge >= 0.3 is 0 Å². The SMILES string of the molecule is CC(C)(C)CC(=O)NC(C)(C)c1ccc(F)cc1Cl. The van der Waals surface area contributed by atoms with E-state index in [2.05, 4.69) is 5.32 Å². The molecule has 0 aliphatic heterocycles. The number of rotatable bonds is 3. The Labute approximate surface area is 119 Å². The highest BCUT2D eigenvalue weighted by atomic mass is 35.5. The van der Waals surface area contributed by atoms with Gasteiger partial charge in [0.2, 0.25) is 5.91 Å². The topological polar surface area (TPSA) is 29.1 Å². The molecule has 1 aromatic rings. The molecule has 0 aromatic heterocycles. The average molecular weight is 286 g/mol.